The fourth-order valence-electron chi connectivity index (χ4n) is 0.881. The normalized spacial score (nSPS) is 11.4. The maximum absolute atomic E-state index is 11.2. The largest absolute Gasteiger partial charge is 0.381 e. The lowest BCUT2D eigenvalue weighted by molar-refractivity contribution is -0.136. The third kappa shape index (κ3) is 3.43. The number of amides is 1. The van der Waals surface area contributed by atoms with Crippen LogP contribution < -0.4 is 5.32 Å². The van der Waals surface area contributed by atoms with Crippen molar-refractivity contribution in [2.75, 3.05) is 6.54 Å². The Morgan fingerprint density at radius 2 is 2.43 bits per heavy atom. The summed E-state index contributed by atoms with van der Waals surface area (Å²) in [5.41, 5.74) is 1.42. The first kappa shape index (κ1) is 11.1. The topological polar surface area (TPSA) is 62.2 Å². The van der Waals surface area contributed by atoms with Crippen LogP contribution >= 0.6 is 11.3 Å². The van der Waals surface area contributed by atoms with Crippen LogP contribution in [-0.2, 0) is 11.2 Å². The van der Waals surface area contributed by atoms with Crippen molar-refractivity contribution in [3.05, 3.63) is 16.6 Å². The van der Waals surface area contributed by atoms with Crippen molar-refractivity contribution in [1.29, 1.82) is 0 Å². The molecule has 0 unspecified atom stereocenters. The lowest BCUT2D eigenvalue weighted by Gasteiger charge is -2.16. The minimum Gasteiger partial charge on any atom is -0.381 e. The van der Waals surface area contributed by atoms with Gasteiger partial charge in [0.1, 0.15) is 5.60 Å². The number of hydrogen-bond donors (Lipinski definition) is 2. The van der Waals surface area contributed by atoms with Gasteiger partial charge in [-0.15, -0.1) is 11.3 Å². The second-order valence-corrected chi connectivity index (χ2v) is 4.26. The number of carbonyl (C=O) groups excluding carboxylic acids is 1. The van der Waals surface area contributed by atoms with Gasteiger partial charge in [-0.25, -0.2) is 4.98 Å². The molecule has 0 saturated heterocycles. The zero-order valence-electron chi connectivity index (χ0n) is 8.28. The Morgan fingerprint density at radius 3 is 2.93 bits per heavy atom. The highest BCUT2D eigenvalue weighted by molar-refractivity contribution is 7.07. The fourth-order valence-corrected chi connectivity index (χ4v) is 1.47. The van der Waals surface area contributed by atoms with Gasteiger partial charge in [-0.2, -0.15) is 0 Å². The molecule has 0 aliphatic rings. The van der Waals surface area contributed by atoms with Gasteiger partial charge in [0.25, 0.3) is 5.91 Å². The van der Waals surface area contributed by atoms with Crippen LogP contribution in [0.25, 0.3) is 0 Å². The number of nitrogens with zero attached hydrogens (tertiary/aromatic N) is 1. The molecule has 0 fully saturated rings. The van der Waals surface area contributed by atoms with Gasteiger partial charge < -0.3 is 10.4 Å². The lowest BCUT2D eigenvalue weighted by atomic mass is 10.1. The number of aromatic nitrogens is 1. The second-order valence-electron chi connectivity index (χ2n) is 3.54. The van der Waals surface area contributed by atoms with E-state index in [9.17, 15) is 9.90 Å². The molecule has 1 heterocycles. The van der Waals surface area contributed by atoms with E-state index in [-0.39, 0.29) is 5.91 Å². The zero-order chi connectivity index (χ0) is 10.6. The molecular formula is C9H14N2O2S. The summed E-state index contributed by atoms with van der Waals surface area (Å²) >= 11 is 1.53. The molecule has 14 heavy (non-hydrogen) atoms. The molecule has 2 N–H and O–H groups in total. The molecule has 0 radical (unpaired) electrons. The molecule has 0 saturated carbocycles. The van der Waals surface area contributed by atoms with E-state index in [0.717, 1.165) is 5.69 Å². The second kappa shape index (κ2) is 4.52. The molecule has 0 spiro atoms. The molecule has 0 atom stereocenters. The monoisotopic (exact) mass is 214 g/mol. The molecule has 78 valence electrons. The van der Waals surface area contributed by atoms with E-state index in [1.807, 2.05) is 5.38 Å². The first-order valence-electron chi connectivity index (χ1n) is 4.38. The van der Waals surface area contributed by atoms with Crippen molar-refractivity contribution >= 4 is 17.2 Å². The molecule has 0 bridgehead atoms. The Labute approximate surface area is 87.0 Å². The zero-order valence-corrected chi connectivity index (χ0v) is 9.10. The molecule has 1 rings (SSSR count). The first-order valence-corrected chi connectivity index (χ1v) is 5.32. The number of nitrogens with one attached hydrogen (secondary N) is 1. The Morgan fingerprint density at radius 1 is 1.71 bits per heavy atom. The van der Waals surface area contributed by atoms with E-state index >= 15 is 0 Å². The third-order valence-electron chi connectivity index (χ3n) is 1.71. The van der Waals surface area contributed by atoms with E-state index < -0.39 is 5.60 Å². The number of aliphatic hydroxyl groups is 1. The van der Waals surface area contributed by atoms with Gasteiger partial charge in [-0.1, -0.05) is 0 Å². The van der Waals surface area contributed by atoms with Crippen LogP contribution in [-0.4, -0.2) is 28.1 Å². The van der Waals surface area contributed by atoms with Gasteiger partial charge in [-0.05, 0) is 13.8 Å². The number of carbonyl (C=O) groups is 1. The molecule has 1 aromatic heterocycles. The maximum atomic E-state index is 11.2. The van der Waals surface area contributed by atoms with Crippen LogP contribution in [0.1, 0.15) is 19.5 Å². The van der Waals surface area contributed by atoms with Crippen LogP contribution in [0.2, 0.25) is 0 Å². The van der Waals surface area contributed by atoms with Gasteiger partial charge in [0.15, 0.2) is 0 Å². The lowest BCUT2D eigenvalue weighted by Crippen LogP contribution is -2.42. The summed E-state index contributed by atoms with van der Waals surface area (Å²) in [6.07, 6.45) is 0.700. The van der Waals surface area contributed by atoms with E-state index in [0.29, 0.717) is 13.0 Å². The van der Waals surface area contributed by atoms with Crippen molar-refractivity contribution in [3.8, 4) is 0 Å². The average Bonchev–Trinajstić information content (AvgIpc) is 2.55. The van der Waals surface area contributed by atoms with Gasteiger partial charge >= 0.3 is 0 Å². The highest BCUT2D eigenvalue weighted by atomic mass is 32.1. The van der Waals surface area contributed by atoms with Crippen LogP contribution in [0.4, 0.5) is 0 Å². The first-order chi connectivity index (χ1) is 6.50. The summed E-state index contributed by atoms with van der Waals surface area (Å²) in [5, 5.41) is 13.9. The average molecular weight is 214 g/mol. The minimum absolute atomic E-state index is 0.354. The van der Waals surface area contributed by atoms with E-state index in [2.05, 4.69) is 10.3 Å². The van der Waals surface area contributed by atoms with Crippen LogP contribution in [0, 0.1) is 0 Å². The molecular weight excluding hydrogens is 200 g/mol. The van der Waals surface area contributed by atoms with Crippen molar-refractivity contribution in [3.63, 3.8) is 0 Å². The molecule has 4 nitrogen and oxygen atoms in total. The highest BCUT2D eigenvalue weighted by Gasteiger charge is 2.22. The summed E-state index contributed by atoms with van der Waals surface area (Å²) in [6.45, 7) is 3.43. The predicted octanol–water partition coefficient (Wildman–Crippen LogP) is 0.573. The Hall–Kier alpha value is -0.940. The summed E-state index contributed by atoms with van der Waals surface area (Å²) in [7, 11) is 0. The van der Waals surface area contributed by atoms with Gasteiger partial charge in [-0.3, -0.25) is 4.79 Å². The Bertz CT molecular complexity index is 290. The van der Waals surface area contributed by atoms with Gasteiger partial charge in [0.05, 0.1) is 11.2 Å². The van der Waals surface area contributed by atoms with E-state index in [1.165, 1.54) is 25.2 Å². The van der Waals surface area contributed by atoms with Crippen molar-refractivity contribution in [1.82, 2.24) is 10.3 Å². The molecule has 5 heteroatoms. The maximum Gasteiger partial charge on any atom is 0.251 e. The molecule has 0 aliphatic heterocycles. The van der Waals surface area contributed by atoms with Crippen molar-refractivity contribution in [2.24, 2.45) is 0 Å². The van der Waals surface area contributed by atoms with E-state index in [1.54, 1.807) is 5.51 Å². The minimum atomic E-state index is -1.30. The fraction of sp³-hybridized carbons (Fsp3) is 0.556. The Kier molecular flexibility index (Phi) is 3.60. The summed E-state index contributed by atoms with van der Waals surface area (Å²) in [4.78, 5) is 15.3. The summed E-state index contributed by atoms with van der Waals surface area (Å²) in [5.74, 6) is -0.354. The SMILES string of the molecule is CC(C)(O)C(=O)NCCc1cscn1. The van der Waals surface area contributed by atoms with E-state index in [4.69, 9.17) is 0 Å². The van der Waals surface area contributed by atoms with Crippen LogP contribution in [0.15, 0.2) is 10.9 Å². The number of thiazole rings is 1. The summed E-state index contributed by atoms with van der Waals surface area (Å²) < 4.78 is 0. The standard InChI is InChI=1S/C9H14N2O2S/c1-9(2,13)8(12)10-4-3-7-5-14-6-11-7/h5-6,13H,3-4H2,1-2H3,(H,10,12). The third-order valence-corrected chi connectivity index (χ3v) is 2.34. The van der Waals surface area contributed by atoms with Crippen LogP contribution in [0.3, 0.4) is 0 Å². The quantitative estimate of drug-likeness (QED) is 0.770. The predicted molar refractivity (Wildman–Crippen MR) is 55.1 cm³/mol. The molecule has 0 aliphatic carbocycles. The number of hydrogen-bond acceptors (Lipinski definition) is 4. The Balaban J connectivity index is 2.26. The number of rotatable bonds is 4. The highest BCUT2D eigenvalue weighted by Crippen LogP contribution is 2.02. The summed E-state index contributed by atoms with van der Waals surface area (Å²) in [6, 6.07) is 0. The van der Waals surface area contributed by atoms with Gasteiger partial charge in [0.2, 0.25) is 0 Å². The molecule has 1 amide bonds. The van der Waals surface area contributed by atoms with Crippen LogP contribution in [0.5, 0.6) is 0 Å². The molecule has 0 aromatic carbocycles. The smallest absolute Gasteiger partial charge is 0.251 e. The van der Waals surface area contributed by atoms with Crippen molar-refractivity contribution in [2.45, 2.75) is 25.9 Å². The molecule has 1 aromatic rings. The van der Waals surface area contributed by atoms with Crippen molar-refractivity contribution < 1.29 is 9.90 Å². The van der Waals surface area contributed by atoms with Gasteiger partial charge in [0, 0.05) is 18.3 Å².